The second kappa shape index (κ2) is 8.55. The van der Waals surface area contributed by atoms with Gasteiger partial charge in [-0.15, -0.1) is 0 Å². The Labute approximate surface area is 141 Å². The van der Waals surface area contributed by atoms with Crippen molar-refractivity contribution in [3.05, 3.63) is 0 Å². The van der Waals surface area contributed by atoms with Gasteiger partial charge in [-0.2, -0.15) is 0 Å². The number of amides is 1. The van der Waals surface area contributed by atoms with E-state index in [0.29, 0.717) is 24.3 Å². The van der Waals surface area contributed by atoms with Crippen molar-refractivity contribution in [2.75, 3.05) is 33.2 Å². The number of carbonyl (C=O) groups is 1. The van der Waals surface area contributed by atoms with Crippen molar-refractivity contribution in [3.63, 3.8) is 0 Å². The van der Waals surface area contributed by atoms with Gasteiger partial charge in [-0.3, -0.25) is 9.79 Å². The molecule has 1 saturated heterocycles. The first-order chi connectivity index (χ1) is 11.0. The molecule has 23 heavy (non-hydrogen) atoms. The average Bonchev–Trinajstić information content (AvgIpc) is 2.88. The Kier molecular flexibility index (Phi) is 6.72. The van der Waals surface area contributed by atoms with E-state index in [1.165, 1.54) is 38.5 Å². The summed E-state index contributed by atoms with van der Waals surface area (Å²) in [6.07, 6.45) is 8.28. The van der Waals surface area contributed by atoms with Crippen LogP contribution < -0.4 is 10.6 Å². The van der Waals surface area contributed by atoms with E-state index in [9.17, 15) is 4.79 Å². The number of carbonyl (C=O) groups excluding carboxylic acids is 1. The van der Waals surface area contributed by atoms with Crippen LogP contribution in [0.4, 0.5) is 0 Å². The van der Waals surface area contributed by atoms with Crippen molar-refractivity contribution in [2.45, 2.75) is 58.8 Å². The minimum absolute atomic E-state index is 0.205. The first kappa shape index (κ1) is 18.1. The smallest absolute Gasteiger partial charge is 0.220 e. The van der Waals surface area contributed by atoms with Gasteiger partial charge >= 0.3 is 0 Å². The number of hydrogen-bond donors (Lipinski definition) is 2. The Hall–Kier alpha value is -1.26. The van der Waals surface area contributed by atoms with Gasteiger partial charge in [0, 0.05) is 39.6 Å². The van der Waals surface area contributed by atoms with Crippen molar-refractivity contribution < 1.29 is 4.79 Å². The minimum Gasteiger partial charge on any atom is -0.354 e. The topological polar surface area (TPSA) is 56.7 Å². The quantitative estimate of drug-likeness (QED) is 0.464. The summed E-state index contributed by atoms with van der Waals surface area (Å²) in [5.41, 5.74) is 0.367. The second-order valence-corrected chi connectivity index (χ2v) is 7.87. The van der Waals surface area contributed by atoms with Gasteiger partial charge < -0.3 is 15.5 Å². The molecule has 2 N–H and O–H groups in total. The molecule has 0 aromatic rings. The molecule has 0 unspecified atom stereocenters. The molecule has 0 bridgehead atoms. The highest BCUT2D eigenvalue weighted by molar-refractivity contribution is 5.80. The molecule has 0 spiro atoms. The highest BCUT2D eigenvalue weighted by atomic mass is 16.1. The predicted octanol–water partition coefficient (Wildman–Crippen LogP) is 2.38. The molecule has 1 amide bonds. The summed E-state index contributed by atoms with van der Waals surface area (Å²) in [5.74, 6) is 1.77. The zero-order valence-corrected chi connectivity index (χ0v) is 15.2. The van der Waals surface area contributed by atoms with Crippen LogP contribution in [0.1, 0.15) is 58.8 Å². The van der Waals surface area contributed by atoms with Gasteiger partial charge in [0.15, 0.2) is 5.96 Å². The van der Waals surface area contributed by atoms with Crippen molar-refractivity contribution in [1.82, 2.24) is 15.5 Å². The van der Waals surface area contributed by atoms with E-state index in [2.05, 4.69) is 34.4 Å². The Morgan fingerprint density at radius 1 is 1.17 bits per heavy atom. The Bertz CT molecular complexity index is 413. The monoisotopic (exact) mass is 322 g/mol. The van der Waals surface area contributed by atoms with Crippen LogP contribution in [0.3, 0.4) is 0 Å². The number of likely N-dealkylation sites (tertiary alicyclic amines) is 1. The fraction of sp³-hybridized carbons (Fsp3) is 0.889. The lowest BCUT2D eigenvalue weighted by molar-refractivity contribution is -0.122. The fourth-order valence-corrected chi connectivity index (χ4v) is 3.73. The van der Waals surface area contributed by atoms with Crippen LogP contribution in [0, 0.1) is 11.3 Å². The van der Waals surface area contributed by atoms with Crippen molar-refractivity contribution in [2.24, 2.45) is 16.3 Å². The lowest BCUT2D eigenvalue weighted by Gasteiger charge is -2.24. The van der Waals surface area contributed by atoms with E-state index in [1.807, 2.05) is 7.05 Å². The lowest BCUT2D eigenvalue weighted by atomic mass is 9.87. The van der Waals surface area contributed by atoms with Crippen LogP contribution in [0.15, 0.2) is 4.99 Å². The van der Waals surface area contributed by atoms with E-state index < -0.39 is 0 Å². The third kappa shape index (κ3) is 6.04. The summed E-state index contributed by atoms with van der Waals surface area (Å²) in [4.78, 5) is 18.7. The van der Waals surface area contributed by atoms with Gasteiger partial charge in [-0.1, -0.05) is 33.1 Å². The standard InChI is InChI=1S/C18H34N4O/c1-18(2)9-12-22(14-18)17(19-3)21-11-10-20-16(23)13-15-7-5-4-6-8-15/h15H,4-14H2,1-3H3,(H,19,21)(H,20,23). The number of rotatable bonds is 5. The van der Waals surface area contributed by atoms with Crippen LogP contribution in [0.2, 0.25) is 0 Å². The van der Waals surface area contributed by atoms with Crippen LogP contribution in [0.25, 0.3) is 0 Å². The normalized spacial score (nSPS) is 22.2. The van der Waals surface area contributed by atoms with Gasteiger partial charge in [0.05, 0.1) is 0 Å². The maximum Gasteiger partial charge on any atom is 0.220 e. The highest BCUT2D eigenvalue weighted by Crippen LogP contribution is 2.28. The van der Waals surface area contributed by atoms with Gasteiger partial charge in [-0.05, 0) is 30.6 Å². The van der Waals surface area contributed by atoms with Gasteiger partial charge in [0.25, 0.3) is 0 Å². The largest absolute Gasteiger partial charge is 0.354 e. The first-order valence-corrected chi connectivity index (χ1v) is 9.22. The molecule has 2 aliphatic rings. The molecular formula is C18H34N4O. The van der Waals surface area contributed by atoms with Crippen molar-refractivity contribution in [1.29, 1.82) is 0 Å². The second-order valence-electron chi connectivity index (χ2n) is 7.87. The van der Waals surface area contributed by atoms with E-state index in [1.54, 1.807) is 0 Å². The Morgan fingerprint density at radius 3 is 2.48 bits per heavy atom. The maximum absolute atomic E-state index is 12.0. The number of guanidine groups is 1. The molecule has 0 aromatic carbocycles. The number of hydrogen-bond acceptors (Lipinski definition) is 2. The SMILES string of the molecule is CN=C(NCCNC(=O)CC1CCCCC1)N1CCC(C)(C)C1. The molecule has 1 aliphatic carbocycles. The predicted molar refractivity (Wildman–Crippen MR) is 95.5 cm³/mol. The lowest BCUT2D eigenvalue weighted by Crippen LogP contribution is -2.43. The van der Waals surface area contributed by atoms with Crippen molar-refractivity contribution >= 4 is 11.9 Å². The molecular weight excluding hydrogens is 288 g/mol. The summed E-state index contributed by atoms with van der Waals surface area (Å²) < 4.78 is 0. The summed E-state index contributed by atoms with van der Waals surface area (Å²) >= 11 is 0. The number of nitrogens with one attached hydrogen (secondary N) is 2. The molecule has 0 aromatic heterocycles. The molecule has 2 fully saturated rings. The summed E-state index contributed by atoms with van der Waals surface area (Å²) in [5, 5.41) is 6.41. The van der Waals surface area contributed by atoms with Gasteiger partial charge in [0.1, 0.15) is 0 Å². The van der Waals surface area contributed by atoms with E-state index in [4.69, 9.17) is 0 Å². The molecule has 2 rings (SSSR count). The Morgan fingerprint density at radius 2 is 1.87 bits per heavy atom. The summed E-state index contributed by atoms with van der Waals surface area (Å²) in [6, 6.07) is 0. The van der Waals surface area contributed by atoms with Crippen LogP contribution in [-0.4, -0.2) is 50.0 Å². The molecule has 1 saturated carbocycles. The Balaban J connectivity index is 1.61. The summed E-state index contributed by atoms with van der Waals surface area (Å²) in [7, 11) is 1.83. The third-order valence-corrected chi connectivity index (χ3v) is 5.12. The fourth-order valence-electron chi connectivity index (χ4n) is 3.73. The maximum atomic E-state index is 12.0. The van der Waals surface area contributed by atoms with Crippen LogP contribution in [-0.2, 0) is 4.79 Å². The molecule has 5 heteroatoms. The van der Waals surface area contributed by atoms with E-state index in [-0.39, 0.29) is 5.91 Å². The number of nitrogens with zero attached hydrogens (tertiary/aromatic N) is 2. The molecule has 0 atom stereocenters. The molecule has 1 heterocycles. The number of aliphatic imine (C=N–C) groups is 1. The third-order valence-electron chi connectivity index (χ3n) is 5.12. The van der Waals surface area contributed by atoms with Crippen LogP contribution >= 0.6 is 0 Å². The molecule has 5 nitrogen and oxygen atoms in total. The molecule has 1 aliphatic heterocycles. The van der Waals surface area contributed by atoms with E-state index >= 15 is 0 Å². The molecule has 0 radical (unpaired) electrons. The first-order valence-electron chi connectivity index (χ1n) is 9.22. The highest BCUT2D eigenvalue weighted by Gasteiger charge is 2.30. The zero-order chi connectivity index (χ0) is 16.7. The average molecular weight is 322 g/mol. The van der Waals surface area contributed by atoms with Gasteiger partial charge in [0.2, 0.25) is 5.91 Å². The minimum atomic E-state index is 0.205. The van der Waals surface area contributed by atoms with E-state index in [0.717, 1.165) is 25.6 Å². The summed E-state index contributed by atoms with van der Waals surface area (Å²) in [6.45, 7) is 8.10. The zero-order valence-electron chi connectivity index (χ0n) is 15.2. The van der Waals surface area contributed by atoms with Gasteiger partial charge in [-0.25, -0.2) is 0 Å². The van der Waals surface area contributed by atoms with Crippen LogP contribution in [0.5, 0.6) is 0 Å². The molecule has 132 valence electrons. The van der Waals surface area contributed by atoms with Crippen molar-refractivity contribution in [3.8, 4) is 0 Å².